The Bertz CT molecular complexity index is 648. The predicted octanol–water partition coefficient (Wildman–Crippen LogP) is 5.52. The molecular weight excluding hydrogens is 338 g/mol. The van der Waals surface area contributed by atoms with Gasteiger partial charge in [0.2, 0.25) is 0 Å². The molecule has 0 aromatic carbocycles. The molecule has 2 saturated carbocycles. The summed E-state index contributed by atoms with van der Waals surface area (Å²) in [7, 11) is 1.59. The van der Waals surface area contributed by atoms with Crippen LogP contribution in [-0.2, 0) is 14.4 Å². The van der Waals surface area contributed by atoms with Crippen LogP contribution in [0.3, 0.4) is 0 Å². The molecule has 3 rings (SSSR count). The van der Waals surface area contributed by atoms with Gasteiger partial charge in [-0.15, -0.1) is 0 Å². The van der Waals surface area contributed by atoms with E-state index in [2.05, 4.69) is 32.0 Å². The predicted molar refractivity (Wildman–Crippen MR) is 108 cm³/mol. The molecule has 0 radical (unpaired) electrons. The number of fused-ring (bicyclic) bond motifs is 3. The number of rotatable bonds is 5. The number of ether oxygens (including phenoxy) is 1. The van der Waals surface area contributed by atoms with Crippen molar-refractivity contribution >= 4 is 12.2 Å². The SMILES string of the molecule is [3H]CCOC(=O)[C@@]1(C)CCC[C@@]2(C)C3=CC[C@](C)(CC=NOC)CC3CCC21. The number of carbonyl (C=O) groups is 1. The Morgan fingerprint density at radius 2 is 2.19 bits per heavy atom. The Morgan fingerprint density at radius 3 is 2.93 bits per heavy atom. The smallest absolute Gasteiger partial charge is 0.312 e. The first-order valence-corrected chi connectivity index (χ1v) is 10.5. The molecule has 4 nitrogen and oxygen atoms in total. The van der Waals surface area contributed by atoms with Crippen molar-refractivity contribution in [3.8, 4) is 0 Å². The van der Waals surface area contributed by atoms with E-state index in [1.807, 2.05) is 6.21 Å². The van der Waals surface area contributed by atoms with E-state index in [1.165, 1.54) is 12.8 Å². The molecule has 27 heavy (non-hydrogen) atoms. The van der Waals surface area contributed by atoms with Gasteiger partial charge in [-0.1, -0.05) is 37.1 Å². The molecule has 5 atom stereocenters. The van der Waals surface area contributed by atoms with Gasteiger partial charge in [0.15, 0.2) is 0 Å². The lowest BCUT2D eigenvalue weighted by Gasteiger charge is -2.58. The fourth-order valence-corrected chi connectivity index (χ4v) is 6.49. The second kappa shape index (κ2) is 7.60. The average Bonchev–Trinajstić information content (AvgIpc) is 2.65. The fourth-order valence-electron chi connectivity index (χ4n) is 6.49. The molecule has 2 unspecified atom stereocenters. The number of esters is 1. The van der Waals surface area contributed by atoms with Crippen LogP contribution < -0.4 is 0 Å². The van der Waals surface area contributed by atoms with Crippen molar-refractivity contribution in [1.29, 1.82) is 0 Å². The van der Waals surface area contributed by atoms with E-state index in [0.29, 0.717) is 11.8 Å². The summed E-state index contributed by atoms with van der Waals surface area (Å²) in [6.45, 7) is 7.24. The molecule has 0 bridgehead atoms. The quantitative estimate of drug-likeness (QED) is 0.274. The van der Waals surface area contributed by atoms with Gasteiger partial charge in [0.05, 0.1) is 12.0 Å². The third-order valence-electron chi connectivity index (χ3n) is 7.85. The molecular formula is C23H37NO3. The Kier molecular flexibility index (Phi) is 5.35. The van der Waals surface area contributed by atoms with E-state index in [9.17, 15) is 4.79 Å². The molecule has 152 valence electrons. The number of hydrogen-bond donors (Lipinski definition) is 0. The third-order valence-corrected chi connectivity index (χ3v) is 7.85. The summed E-state index contributed by atoms with van der Waals surface area (Å²) >= 11 is 0. The minimum absolute atomic E-state index is 0.0776. The standard InChI is InChI=1S/C23H37NO3/c1-6-27-20(25)23(4)12-7-11-22(3)18-10-13-21(2,14-15-24-26-5)16-17(18)8-9-19(22)23/h10,15,17,19H,6-9,11-14,16H2,1-5H3/t17?,19?,21-,22+,23+/m1/s1/i1T. The van der Waals surface area contributed by atoms with Crippen molar-refractivity contribution in [2.45, 2.75) is 79.0 Å². The molecule has 0 saturated heterocycles. The van der Waals surface area contributed by atoms with Gasteiger partial charge in [-0.05, 0) is 81.4 Å². The molecule has 0 spiro atoms. The minimum atomic E-state index is -0.417. The van der Waals surface area contributed by atoms with Crippen molar-refractivity contribution in [3.05, 3.63) is 11.6 Å². The summed E-state index contributed by atoms with van der Waals surface area (Å²) in [5, 5.41) is 3.95. The zero-order valence-corrected chi connectivity index (χ0v) is 17.6. The molecule has 0 N–H and O–H groups in total. The Hall–Kier alpha value is -1.32. The average molecular weight is 378 g/mol. The summed E-state index contributed by atoms with van der Waals surface area (Å²) < 4.78 is 12.8. The van der Waals surface area contributed by atoms with E-state index < -0.39 is 5.41 Å². The van der Waals surface area contributed by atoms with Crippen molar-refractivity contribution in [2.75, 3.05) is 13.7 Å². The van der Waals surface area contributed by atoms with Gasteiger partial charge in [0.1, 0.15) is 7.11 Å². The first-order chi connectivity index (χ1) is 13.3. The second-order valence-electron chi connectivity index (χ2n) is 9.70. The van der Waals surface area contributed by atoms with Crippen LogP contribution in [0.5, 0.6) is 0 Å². The third kappa shape index (κ3) is 3.56. The van der Waals surface area contributed by atoms with E-state index >= 15 is 0 Å². The maximum absolute atomic E-state index is 12.9. The summed E-state index contributed by atoms with van der Waals surface area (Å²) in [6.07, 6.45) is 13.0. The molecule has 3 aliphatic carbocycles. The maximum atomic E-state index is 12.9. The Balaban J connectivity index is 1.83. The van der Waals surface area contributed by atoms with Crippen LogP contribution in [0.4, 0.5) is 0 Å². The Labute approximate surface area is 166 Å². The van der Waals surface area contributed by atoms with Crippen LogP contribution in [0, 0.1) is 28.1 Å². The number of oxime groups is 1. The normalized spacial score (nSPS) is 41.9. The van der Waals surface area contributed by atoms with Gasteiger partial charge in [0.25, 0.3) is 0 Å². The number of hydrogen-bond acceptors (Lipinski definition) is 4. The molecule has 2 fully saturated rings. The first-order valence-electron chi connectivity index (χ1n) is 11.2. The largest absolute Gasteiger partial charge is 0.466 e. The molecule has 0 amide bonds. The van der Waals surface area contributed by atoms with E-state index in [0.717, 1.165) is 38.5 Å². The maximum Gasteiger partial charge on any atom is 0.312 e. The highest BCUT2D eigenvalue weighted by Gasteiger charge is 2.58. The highest BCUT2D eigenvalue weighted by atomic mass is 16.6. The molecule has 4 heteroatoms. The lowest BCUT2D eigenvalue weighted by atomic mass is 9.46. The van der Waals surface area contributed by atoms with E-state index in [1.54, 1.807) is 12.7 Å². The molecule has 0 heterocycles. The summed E-state index contributed by atoms with van der Waals surface area (Å²) in [4.78, 5) is 17.8. The van der Waals surface area contributed by atoms with Crippen molar-refractivity contribution in [2.24, 2.45) is 33.2 Å². The summed E-state index contributed by atoms with van der Waals surface area (Å²) in [5.74, 6) is 0.877. The molecule has 0 aliphatic heterocycles. The molecule has 3 aliphatic rings. The highest BCUT2D eigenvalue weighted by molar-refractivity contribution is 5.77. The van der Waals surface area contributed by atoms with E-state index in [-0.39, 0.29) is 30.3 Å². The second-order valence-corrected chi connectivity index (χ2v) is 9.70. The van der Waals surface area contributed by atoms with Gasteiger partial charge in [-0.3, -0.25) is 4.79 Å². The first kappa shape index (κ1) is 19.0. The number of allylic oxidation sites excluding steroid dienone is 2. The van der Waals surface area contributed by atoms with Gasteiger partial charge in [-0.2, -0.15) is 0 Å². The highest BCUT2D eigenvalue weighted by Crippen LogP contribution is 2.64. The van der Waals surface area contributed by atoms with Gasteiger partial charge in [0, 0.05) is 7.59 Å². The number of nitrogens with zero attached hydrogens (tertiary/aromatic N) is 1. The van der Waals surface area contributed by atoms with Crippen molar-refractivity contribution < 1.29 is 15.7 Å². The van der Waals surface area contributed by atoms with Crippen LogP contribution in [0.2, 0.25) is 0 Å². The van der Waals surface area contributed by atoms with Crippen LogP contribution in [0.15, 0.2) is 16.8 Å². The minimum Gasteiger partial charge on any atom is -0.466 e. The van der Waals surface area contributed by atoms with Gasteiger partial charge in [-0.25, -0.2) is 0 Å². The summed E-state index contributed by atoms with van der Waals surface area (Å²) in [5.41, 5.74) is 1.52. The lowest BCUT2D eigenvalue weighted by molar-refractivity contribution is -0.167. The van der Waals surface area contributed by atoms with Crippen LogP contribution >= 0.6 is 0 Å². The molecule has 0 aromatic heterocycles. The van der Waals surface area contributed by atoms with Crippen LogP contribution in [0.1, 0.15) is 80.4 Å². The lowest BCUT2D eigenvalue weighted by Crippen LogP contribution is -2.53. The zero-order valence-electron chi connectivity index (χ0n) is 18.6. The van der Waals surface area contributed by atoms with Crippen LogP contribution in [0.25, 0.3) is 0 Å². The van der Waals surface area contributed by atoms with Crippen molar-refractivity contribution in [1.82, 2.24) is 0 Å². The number of carbonyl (C=O) groups excluding carboxylic acids is 1. The topological polar surface area (TPSA) is 47.9 Å². The fraction of sp³-hybridized carbons (Fsp3) is 0.826. The molecule has 0 aromatic rings. The van der Waals surface area contributed by atoms with Gasteiger partial charge < -0.3 is 9.57 Å². The Morgan fingerprint density at radius 1 is 1.37 bits per heavy atom. The zero-order chi connectivity index (χ0) is 20.4. The summed E-state index contributed by atoms with van der Waals surface area (Å²) in [6, 6.07) is 0. The van der Waals surface area contributed by atoms with Crippen LogP contribution in [-0.4, -0.2) is 25.9 Å². The van der Waals surface area contributed by atoms with Gasteiger partial charge >= 0.3 is 5.97 Å². The van der Waals surface area contributed by atoms with E-state index in [4.69, 9.17) is 10.9 Å². The monoisotopic (exact) mass is 377 g/mol. The van der Waals surface area contributed by atoms with Crippen molar-refractivity contribution in [3.63, 3.8) is 0 Å².